The van der Waals surface area contributed by atoms with E-state index in [1.165, 1.54) is 4.80 Å². The summed E-state index contributed by atoms with van der Waals surface area (Å²) >= 11 is 0. The van der Waals surface area contributed by atoms with Gasteiger partial charge in [-0.15, -0.1) is 10.2 Å². The molecule has 0 fully saturated rings. The third-order valence-electron chi connectivity index (χ3n) is 3.30. The quantitative estimate of drug-likeness (QED) is 0.750. The Morgan fingerprint density at radius 3 is 2.70 bits per heavy atom. The number of tetrazole rings is 1. The molecule has 2 N–H and O–H groups in total. The molecule has 0 aliphatic heterocycles. The van der Waals surface area contributed by atoms with Crippen molar-refractivity contribution in [3.05, 3.63) is 30.3 Å². The maximum Gasteiger partial charge on any atom is 0.308 e. The van der Waals surface area contributed by atoms with Gasteiger partial charge < -0.3 is 10.4 Å². The number of benzene rings is 1. The van der Waals surface area contributed by atoms with Gasteiger partial charge in [0.05, 0.1) is 5.92 Å². The highest BCUT2D eigenvalue weighted by atomic mass is 16.4. The van der Waals surface area contributed by atoms with Gasteiger partial charge in [0.25, 0.3) is 0 Å². The predicted molar refractivity (Wildman–Crippen MR) is 82.3 cm³/mol. The molecule has 8 heteroatoms. The molecule has 0 radical (unpaired) electrons. The standard InChI is InChI=1S/C15H19N5O3/c1-2-6-12(15(22)23)9-16-13(21)10-20-18-14(17-19-20)11-7-4-3-5-8-11/h3-5,7-8,12H,2,6,9-10H2,1H3,(H,16,21)(H,22,23). The van der Waals surface area contributed by atoms with E-state index in [-0.39, 0.29) is 19.0 Å². The Morgan fingerprint density at radius 1 is 1.30 bits per heavy atom. The number of aromatic nitrogens is 4. The first kappa shape index (κ1) is 16.6. The number of hydrogen-bond donors (Lipinski definition) is 2. The number of rotatable bonds is 8. The van der Waals surface area contributed by atoms with Gasteiger partial charge in [0.2, 0.25) is 11.7 Å². The van der Waals surface area contributed by atoms with E-state index in [0.29, 0.717) is 12.2 Å². The van der Waals surface area contributed by atoms with E-state index in [1.807, 2.05) is 37.3 Å². The maximum absolute atomic E-state index is 11.9. The minimum Gasteiger partial charge on any atom is -0.481 e. The number of amides is 1. The monoisotopic (exact) mass is 317 g/mol. The molecule has 2 aromatic rings. The predicted octanol–water partition coefficient (Wildman–Crippen LogP) is 0.957. The highest BCUT2D eigenvalue weighted by Gasteiger charge is 2.17. The third kappa shape index (κ3) is 4.87. The van der Waals surface area contributed by atoms with Crippen LogP contribution in [-0.2, 0) is 16.1 Å². The van der Waals surface area contributed by atoms with E-state index in [2.05, 4.69) is 20.7 Å². The van der Waals surface area contributed by atoms with Gasteiger partial charge in [-0.05, 0) is 11.6 Å². The number of aliphatic carboxylic acids is 1. The SMILES string of the molecule is CCCC(CNC(=O)Cn1nnc(-c2ccccc2)n1)C(=O)O. The fourth-order valence-electron chi connectivity index (χ4n) is 2.10. The van der Waals surface area contributed by atoms with Crippen molar-refractivity contribution in [2.45, 2.75) is 26.3 Å². The van der Waals surface area contributed by atoms with Crippen LogP contribution in [0.3, 0.4) is 0 Å². The van der Waals surface area contributed by atoms with E-state index in [4.69, 9.17) is 5.11 Å². The van der Waals surface area contributed by atoms with Gasteiger partial charge in [-0.1, -0.05) is 43.7 Å². The second-order valence-corrected chi connectivity index (χ2v) is 5.14. The summed E-state index contributed by atoms with van der Waals surface area (Å²) in [5.41, 5.74) is 0.813. The fourth-order valence-corrected chi connectivity index (χ4v) is 2.10. The molecule has 1 atom stereocenters. The first-order chi connectivity index (χ1) is 11.1. The Kier molecular flexibility index (Phi) is 5.79. The third-order valence-corrected chi connectivity index (χ3v) is 3.30. The second-order valence-electron chi connectivity index (χ2n) is 5.14. The van der Waals surface area contributed by atoms with E-state index in [1.54, 1.807) is 0 Å². The summed E-state index contributed by atoms with van der Waals surface area (Å²) in [7, 11) is 0. The average Bonchev–Trinajstić information content (AvgIpc) is 3.00. The van der Waals surface area contributed by atoms with Crippen LogP contribution < -0.4 is 5.32 Å². The Balaban J connectivity index is 1.88. The van der Waals surface area contributed by atoms with E-state index >= 15 is 0 Å². The minimum absolute atomic E-state index is 0.0989. The van der Waals surface area contributed by atoms with Crippen LogP contribution in [0.2, 0.25) is 0 Å². The van der Waals surface area contributed by atoms with Gasteiger partial charge in [-0.2, -0.15) is 4.80 Å². The number of carbonyl (C=O) groups is 2. The Bertz CT molecular complexity index is 656. The zero-order chi connectivity index (χ0) is 16.7. The van der Waals surface area contributed by atoms with Gasteiger partial charge in [0.15, 0.2) is 0 Å². The largest absolute Gasteiger partial charge is 0.481 e. The molecule has 1 unspecified atom stereocenters. The number of carbonyl (C=O) groups excluding carboxylic acids is 1. The molecule has 23 heavy (non-hydrogen) atoms. The van der Waals surface area contributed by atoms with Crippen molar-refractivity contribution >= 4 is 11.9 Å². The molecule has 1 aromatic heterocycles. The molecule has 2 rings (SSSR count). The lowest BCUT2D eigenvalue weighted by molar-refractivity contribution is -0.141. The van der Waals surface area contributed by atoms with Crippen molar-refractivity contribution in [1.29, 1.82) is 0 Å². The lowest BCUT2D eigenvalue weighted by Crippen LogP contribution is -2.35. The summed E-state index contributed by atoms with van der Waals surface area (Å²) in [4.78, 5) is 24.1. The van der Waals surface area contributed by atoms with Crippen molar-refractivity contribution in [3.63, 3.8) is 0 Å². The van der Waals surface area contributed by atoms with Crippen LogP contribution in [0.4, 0.5) is 0 Å². The molecular formula is C15H19N5O3. The van der Waals surface area contributed by atoms with Crippen molar-refractivity contribution in [2.75, 3.05) is 6.54 Å². The van der Waals surface area contributed by atoms with Gasteiger partial charge in [0.1, 0.15) is 6.54 Å². The lowest BCUT2D eigenvalue weighted by atomic mass is 10.0. The molecule has 0 saturated carbocycles. The van der Waals surface area contributed by atoms with Gasteiger partial charge in [-0.25, -0.2) is 0 Å². The molecular weight excluding hydrogens is 298 g/mol. The topological polar surface area (TPSA) is 110 Å². The molecule has 1 aromatic carbocycles. The average molecular weight is 317 g/mol. The molecule has 0 aliphatic carbocycles. The van der Waals surface area contributed by atoms with Crippen LogP contribution >= 0.6 is 0 Å². The number of carboxylic acid groups (broad SMARTS) is 1. The number of nitrogens with one attached hydrogen (secondary N) is 1. The van der Waals surface area contributed by atoms with Crippen LogP contribution in [0.1, 0.15) is 19.8 Å². The van der Waals surface area contributed by atoms with Crippen LogP contribution in [-0.4, -0.2) is 43.7 Å². The summed E-state index contributed by atoms with van der Waals surface area (Å²) in [6.07, 6.45) is 1.27. The highest BCUT2D eigenvalue weighted by Crippen LogP contribution is 2.11. The number of nitrogens with zero attached hydrogens (tertiary/aromatic N) is 4. The van der Waals surface area contributed by atoms with Crippen LogP contribution in [0, 0.1) is 5.92 Å². The van der Waals surface area contributed by atoms with Crippen LogP contribution in [0.5, 0.6) is 0 Å². The zero-order valence-corrected chi connectivity index (χ0v) is 12.8. The first-order valence-corrected chi connectivity index (χ1v) is 7.43. The molecule has 1 amide bonds. The van der Waals surface area contributed by atoms with Crippen molar-refractivity contribution in [3.8, 4) is 11.4 Å². The normalized spacial score (nSPS) is 11.9. The van der Waals surface area contributed by atoms with E-state index in [9.17, 15) is 9.59 Å². The van der Waals surface area contributed by atoms with Gasteiger partial charge >= 0.3 is 5.97 Å². The fraction of sp³-hybridized carbons (Fsp3) is 0.400. The molecule has 0 saturated heterocycles. The maximum atomic E-state index is 11.9. The second kappa shape index (κ2) is 8.02. The van der Waals surface area contributed by atoms with Gasteiger partial charge in [-0.3, -0.25) is 9.59 Å². The smallest absolute Gasteiger partial charge is 0.308 e. The summed E-state index contributed by atoms with van der Waals surface area (Å²) in [6, 6.07) is 9.31. The van der Waals surface area contributed by atoms with Crippen molar-refractivity contribution < 1.29 is 14.7 Å². The van der Waals surface area contributed by atoms with Crippen LogP contribution in [0.25, 0.3) is 11.4 Å². The molecule has 0 aliphatic rings. The first-order valence-electron chi connectivity index (χ1n) is 7.43. The Labute approximate surface area is 133 Å². The van der Waals surface area contributed by atoms with Crippen LogP contribution in [0.15, 0.2) is 30.3 Å². The highest BCUT2D eigenvalue weighted by molar-refractivity contribution is 5.77. The summed E-state index contributed by atoms with van der Waals surface area (Å²) in [5.74, 6) is -1.39. The van der Waals surface area contributed by atoms with Crippen molar-refractivity contribution in [1.82, 2.24) is 25.5 Å². The van der Waals surface area contributed by atoms with E-state index < -0.39 is 11.9 Å². The molecule has 122 valence electrons. The molecule has 1 heterocycles. The number of carboxylic acids is 1. The Hall–Kier alpha value is -2.77. The summed E-state index contributed by atoms with van der Waals surface area (Å²) < 4.78 is 0. The summed E-state index contributed by atoms with van der Waals surface area (Å²) in [6.45, 7) is 1.91. The van der Waals surface area contributed by atoms with Crippen molar-refractivity contribution in [2.24, 2.45) is 5.92 Å². The van der Waals surface area contributed by atoms with E-state index in [0.717, 1.165) is 12.0 Å². The minimum atomic E-state index is -0.905. The molecule has 0 spiro atoms. The number of hydrogen-bond acceptors (Lipinski definition) is 5. The van der Waals surface area contributed by atoms with Gasteiger partial charge in [0, 0.05) is 12.1 Å². The lowest BCUT2D eigenvalue weighted by Gasteiger charge is -2.11. The molecule has 8 nitrogen and oxygen atoms in total. The summed E-state index contributed by atoms with van der Waals surface area (Å²) in [5, 5.41) is 23.5. The molecule has 0 bridgehead atoms. The Morgan fingerprint density at radius 2 is 2.04 bits per heavy atom. The zero-order valence-electron chi connectivity index (χ0n) is 12.8.